The summed E-state index contributed by atoms with van der Waals surface area (Å²) in [5.74, 6) is 0.544. The zero-order chi connectivity index (χ0) is 18.8. The first-order valence-corrected chi connectivity index (χ1v) is 8.29. The van der Waals surface area contributed by atoms with Gasteiger partial charge in [-0.2, -0.15) is 0 Å². The summed E-state index contributed by atoms with van der Waals surface area (Å²) >= 11 is 0. The van der Waals surface area contributed by atoms with Gasteiger partial charge in [0.25, 0.3) is 0 Å². The minimum absolute atomic E-state index is 0.544. The Balaban J connectivity index is 1.89. The molecule has 0 fully saturated rings. The Hall–Kier alpha value is -3.87. The maximum Gasteiger partial charge on any atom is 0.316 e. The topological polar surface area (TPSA) is 105 Å². The van der Waals surface area contributed by atoms with Gasteiger partial charge >= 0.3 is 6.03 Å². The predicted molar refractivity (Wildman–Crippen MR) is 105 cm³/mol. The molecule has 0 radical (unpaired) electrons. The Labute approximate surface area is 155 Å². The van der Waals surface area contributed by atoms with E-state index in [1.165, 1.54) is 0 Å². The minimum atomic E-state index is -0.608. The summed E-state index contributed by atoms with van der Waals surface area (Å²) in [4.78, 5) is 23.3. The first-order chi connectivity index (χ1) is 13.2. The van der Waals surface area contributed by atoms with E-state index in [2.05, 4.69) is 20.3 Å². The highest BCUT2D eigenvalue weighted by Crippen LogP contribution is 2.40. The number of nitrogens with one attached hydrogen (secondary N) is 2. The Morgan fingerprint density at radius 2 is 2.11 bits per heavy atom. The number of urea groups is 1. The van der Waals surface area contributed by atoms with Gasteiger partial charge in [-0.15, -0.1) is 0 Å². The number of primary amides is 1. The van der Waals surface area contributed by atoms with Crippen LogP contribution in [-0.2, 0) is 0 Å². The Bertz CT molecular complexity index is 1050. The van der Waals surface area contributed by atoms with Gasteiger partial charge in [0.2, 0.25) is 5.88 Å². The fraction of sp³-hybridized carbons (Fsp3) is 0.0500. The summed E-state index contributed by atoms with van der Waals surface area (Å²) in [7, 11) is 1.58. The number of nitrogens with zero attached hydrogens (tertiary/aromatic N) is 2. The van der Waals surface area contributed by atoms with E-state index in [1.54, 1.807) is 19.4 Å². The van der Waals surface area contributed by atoms with Gasteiger partial charge in [-0.1, -0.05) is 0 Å². The number of aliphatic imine (C=N–C) groups is 1. The molecule has 0 saturated carbocycles. The Morgan fingerprint density at radius 1 is 1.22 bits per heavy atom. The van der Waals surface area contributed by atoms with E-state index < -0.39 is 6.03 Å². The normalized spacial score (nSPS) is 14.0. The average Bonchev–Trinajstić information content (AvgIpc) is 3.33. The van der Waals surface area contributed by atoms with Crippen LogP contribution in [0, 0.1) is 0 Å². The van der Waals surface area contributed by atoms with E-state index in [4.69, 9.17) is 10.5 Å². The molecular weight excluding hydrogens is 342 g/mol. The molecule has 7 nitrogen and oxygen atoms in total. The van der Waals surface area contributed by atoms with Crippen LogP contribution in [0.2, 0.25) is 0 Å². The molecule has 2 amide bonds. The third-order valence-electron chi connectivity index (χ3n) is 4.26. The van der Waals surface area contributed by atoms with Crippen molar-refractivity contribution in [3.8, 4) is 5.88 Å². The van der Waals surface area contributed by atoms with Crippen LogP contribution < -0.4 is 15.8 Å². The lowest BCUT2D eigenvalue weighted by Crippen LogP contribution is -2.19. The Morgan fingerprint density at radius 3 is 2.78 bits per heavy atom. The third-order valence-corrected chi connectivity index (χ3v) is 4.26. The SMILES string of the molecule is COc1ccc(C(=C2C=Nc3ccc(NC(N)=O)cc32)c2ccc[nH]2)cn1. The summed E-state index contributed by atoms with van der Waals surface area (Å²) in [5, 5.41) is 2.61. The number of fused-ring (bicyclic) bond motifs is 1. The molecular formula is C20H17N5O2. The number of amides is 2. The van der Waals surface area contributed by atoms with Crippen molar-refractivity contribution in [3.63, 3.8) is 0 Å². The van der Waals surface area contributed by atoms with Crippen molar-refractivity contribution in [2.45, 2.75) is 0 Å². The highest BCUT2D eigenvalue weighted by atomic mass is 16.5. The van der Waals surface area contributed by atoms with E-state index in [0.29, 0.717) is 11.6 Å². The fourth-order valence-corrected chi connectivity index (χ4v) is 3.08. The van der Waals surface area contributed by atoms with Crippen LogP contribution in [-0.4, -0.2) is 29.3 Å². The summed E-state index contributed by atoms with van der Waals surface area (Å²) in [6.45, 7) is 0. The van der Waals surface area contributed by atoms with Gasteiger partial charge in [0, 0.05) is 58.3 Å². The van der Waals surface area contributed by atoms with Gasteiger partial charge in [-0.05, 0) is 36.4 Å². The first kappa shape index (κ1) is 16.6. The van der Waals surface area contributed by atoms with E-state index in [1.807, 2.05) is 48.8 Å². The van der Waals surface area contributed by atoms with Crippen LogP contribution in [0.15, 0.2) is 59.9 Å². The summed E-state index contributed by atoms with van der Waals surface area (Å²) in [6, 6.07) is 12.6. The van der Waals surface area contributed by atoms with Crippen LogP contribution in [0.4, 0.5) is 16.2 Å². The maximum atomic E-state index is 11.2. The standard InChI is InChI=1S/C20H17N5O2/c1-27-18-7-4-12(10-24-18)19(17-3-2-8-22-17)15-11-23-16-6-5-13(9-14(15)16)25-20(21)26/h2-11,22H,1H3,(H3,21,25,26). The van der Waals surface area contributed by atoms with Gasteiger partial charge in [-0.3, -0.25) is 4.99 Å². The highest BCUT2D eigenvalue weighted by molar-refractivity contribution is 6.26. The number of aromatic nitrogens is 2. The molecule has 134 valence electrons. The monoisotopic (exact) mass is 359 g/mol. The van der Waals surface area contributed by atoms with E-state index in [0.717, 1.165) is 33.7 Å². The highest BCUT2D eigenvalue weighted by Gasteiger charge is 2.20. The number of rotatable bonds is 4. The molecule has 1 aliphatic heterocycles. The van der Waals surface area contributed by atoms with Gasteiger partial charge in [0.1, 0.15) is 0 Å². The number of carbonyl (C=O) groups excluding carboxylic acids is 1. The quantitative estimate of drug-likeness (QED) is 0.663. The van der Waals surface area contributed by atoms with Crippen molar-refractivity contribution in [2.75, 3.05) is 12.4 Å². The molecule has 0 unspecified atom stereocenters. The van der Waals surface area contributed by atoms with Crippen molar-refractivity contribution >= 4 is 34.8 Å². The summed E-state index contributed by atoms with van der Waals surface area (Å²) in [6.07, 6.45) is 5.45. The largest absolute Gasteiger partial charge is 0.481 e. The molecule has 7 heteroatoms. The number of nitrogens with two attached hydrogens (primary N) is 1. The number of benzene rings is 1. The van der Waals surface area contributed by atoms with E-state index in [9.17, 15) is 4.79 Å². The van der Waals surface area contributed by atoms with Crippen molar-refractivity contribution in [1.82, 2.24) is 9.97 Å². The zero-order valence-corrected chi connectivity index (χ0v) is 14.6. The first-order valence-electron chi connectivity index (χ1n) is 8.29. The van der Waals surface area contributed by atoms with Crippen LogP contribution in [0.3, 0.4) is 0 Å². The number of hydrogen-bond acceptors (Lipinski definition) is 4. The third kappa shape index (κ3) is 3.18. The lowest BCUT2D eigenvalue weighted by atomic mass is 9.94. The molecule has 0 bridgehead atoms. The smallest absolute Gasteiger partial charge is 0.316 e. The Kier molecular flexibility index (Phi) is 4.18. The zero-order valence-electron chi connectivity index (χ0n) is 14.6. The molecule has 4 rings (SSSR count). The molecule has 0 atom stereocenters. The van der Waals surface area contributed by atoms with Crippen molar-refractivity contribution in [2.24, 2.45) is 10.7 Å². The number of aromatic amines is 1. The van der Waals surface area contributed by atoms with E-state index >= 15 is 0 Å². The van der Waals surface area contributed by atoms with Gasteiger partial charge < -0.3 is 20.8 Å². The summed E-state index contributed by atoms with van der Waals surface area (Å²) in [5.41, 5.74) is 11.3. The second kappa shape index (κ2) is 6.80. The molecule has 0 aliphatic carbocycles. The van der Waals surface area contributed by atoms with Gasteiger partial charge in [-0.25, -0.2) is 9.78 Å². The minimum Gasteiger partial charge on any atom is -0.481 e. The lowest BCUT2D eigenvalue weighted by Gasteiger charge is -2.12. The van der Waals surface area contributed by atoms with Crippen LogP contribution in [0.25, 0.3) is 11.1 Å². The molecule has 0 spiro atoms. The van der Waals surface area contributed by atoms with Crippen molar-refractivity contribution in [3.05, 3.63) is 71.7 Å². The van der Waals surface area contributed by atoms with Crippen molar-refractivity contribution in [1.29, 1.82) is 0 Å². The van der Waals surface area contributed by atoms with Gasteiger partial charge in [0.05, 0.1) is 12.8 Å². The molecule has 3 aromatic rings. The predicted octanol–water partition coefficient (Wildman–Crippen LogP) is 3.58. The number of carbonyl (C=O) groups is 1. The van der Waals surface area contributed by atoms with Crippen LogP contribution >= 0.6 is 0 Å². The number of hydrogen-bond donors (Lipinski definition) is 3. The molecule has 1 aromatic carbocycles. The average molecular weight is 359 g/mol. The molecule has 2 aromatic heterocycles. The second-order valence-corrected chi connectivity index (χ2v) is 5.94. The summed E-state index contributed by atoms with van der Waals surface area (Å²) < 4.78 is 5.16. The second-order valence-electron chi connectivity index (χ2n) is 5.94. The van der Waals surface area contributed by atoms with Crippen molar-refractivity contribution < 1.29 is 9.53 Å². The number of H-pyrrole nitrogens is 1. The van der Waals surface area contributed by atoms with E-state index in [-0.39, 0.29) is 0 Å². The van der Waals surface area contributed by atoms with Crippen LogP contribution in [0.5, 0.6) is 5.88 Å². The molecule has 4 N–H and O–H groups in total. The molecule has 27 heavy (non-hydrogen) atoms. The number of pyridine rings is 1. The number of anilines is 1. The molecule has 1 aliphatic rings. The number of methoxy groups -OCH3 is 1. The van der Waals surface area contributed by atoms with Gasteiger partial charge in [0.15, 0.2) is 0 Å². The molecule has 3 heterocycles. The lowest BCUT2D eigenvalue weighted by molar-refractivity contribution is 0.259. The van der Waals surface area contributed by atoms with Crippen LogP contribution in [0.1, 0.15) is 16.8 Å². The maximum absolute atomic E-state index is 11.2. The fourth-order valence-electron chi connectivity index (χ4n) is 3.08. The number of ether oxygens (including phenoxy) is 1. The number of allylic oxidation sites excluding steroid dienone is 1. The molecule has 0 saturated heterocycles.